The van der Waals surface area contributed by atoms with Crippen LogP contribution in [0.1, 0.15) is 55.5 Å². The van der Waals surface area contributed by atoms with Crippen LogP contribution in [0.4, 0.5) is 0 Å². The average Bonchev–Trinajstić information content (AvgIpc) is 2.38. The Labute approximate surface area is 109 Å². The number of rotatable bonds is 5. The predicted octanol–water partition coefficient (Wildman–Crippen LogP) is 4.87. The zero-order valence-electron chi connectivity index (χ0n) is 10.5. The Balaban J connectivity index is 2.00. The second-order valence-corrected chi connectivity index (χ2v) is 5.31. The quantitative estimate of drug-likeness (QED) is 0.537. The van der Waals surface area contributed by atoms with Gasteiger partial charge in [-0.1, -0.05) is 38.3 Å². The summed E-state index contributed by atoms with van der Waals surface area (Å²) in [5.74, 6) is 1.05. The summed E-state index contributed by atoms with van der Waals surface area (Å²) in [4.78, 5) is 0. The summed E-state index contributed by atoms with van der Waals surface area (Å²) in [7, 11) is 0. The van der Waals surface area contributed by atoms with Gasteiger partial charge in [-0.3, -0.25) is 0 Å². The molecule has 2 rings (SSSR count). The minimum absolute atomic E-state index is 0.161. The number of fused-ring (bicyclic) bond motifs is 1. The fraction of sp³-hybridized carbons (Fsp3) is 0.600. The van der Waals surface area contributed by atoms with Gasteiger partial charge in [-0.25, -0.2) is 0 Å². The zero-order valence-corrected chi connectivity index (χ0v) is 11.3. The second-order valence-electron chi connectivity index (χ2n) is 4.78. The van der Waals surface area contributed by atoms with Crippen molar-refractivity contribution in [2.45, 2.75) is 50.8 Å². The molecule has 1 unspecified atom stereocenters. The maximum absolute atomic E-state index is 6.44. The predicted molar refractivity (Wildman–Crippen MR) is 73.0 cm³/mol. The fourth-order valence-corrected chi connectivity index (χ4v) is 2.61. The molecular weight excluding hydrogens is 232 g/mol. The molecule has 0 spiro atoms. The number of hydrogen-bond donors (Lipinski definition) is 0. The van der Waals surface area contributed by atoms with Crippen molar-refractivity contribution in [1.29, 1.82) is 0 Å². The first-order valence-corrected chi connectivity index (χ1v) is 7.14. The van der Waals surface area contributed by atoms with Gasteiger partial charge in [-0.2, -0.15) is 0 Å². The van der Waals surface area contributed by atoms with E-state index in [2.05, 4.69) is 25.1 Å². The molecule has 0 fully saturated rings. The second kappa shape index (κ2) is 6.30. The van der Waals surface area contributed by atoms with Crippen LogP contribution in [-0.4, -0.2) is 6.61 Å². The van der Waals surface area contributed by atoms with Crippen molar-refractivity contribution in [3.8, 4) is 5.75 Å². The number of halogens is 1. The first-order valence-electron chi connectivity index (χ1n) is 6.71. The summed E-state index contributed by atoms with van der Waals surface area (Å²) in [5.41, 5.74) is 2.59. The van der Waals surface area contributed by atoms with Gasteiger partial charge < -0.3 is 4.74 Å². The molecule has 1 aromatic rings. The third kappa shape index (κ3) is 3.38. The topological polar surface area (TPSA) is 9.23 Å². The molecular formula is C15H21ClO. The average molecular weight is 253 g/mol. The number of unbranched alkanes of at least 4 members (excludes halogenated alkanes) is 2. The van der Waals surface area contributed by atoms with E-state index in [0.29, 0.717) is 0 Å². The van der Waals surface area contributed by atoms with E-state index in [-0.39, 0.29) is 5.38 Å². The largest absolute Gasteiger partial charge is 0.493 e. The van der Waals surface area contributed by atoms with E-state index < -0.39 is 0 Å². The van der Waals surface area contributed by atoms with Crippen molar-refractivity contribution in [1.82, 2.24) is 0 Å². The SMILES string of the molecule is CCCCCC(Cl)c1ccc2c(c1)CCCO2. The lowest BCUT2D eigenvalue weighted by molar-refractivity contribution is 0.288. The van der Waals surface area contributed by atoms with Gasteiger partial charge >= 0.3 is 0 Å². The smallest absolute Gasteiger partial charge is 0.122 e. The Hall–Kier alpha value is -0.690. The fourth-order valence-electron chi connectivity index (χ4n) is 2.32. The van der Waals surface area contributed by atoms with Gasteiger partial charge in [0, 0.05) is 0 Å². The van der Waals surface area contributed by atoms with Crippen LogP contribution in [0.5, 0.6) is 5.75 Å². The molecule has 1 aliphatic heterocycles. The number of alkyl halides is 1. The number of hydrogen-bond acceptors (Lipinski definition) is 1. The minimum Gasteiger partial charge on any atom is -0.493 e. The third-order valence-electron chi connectivity index (χ3n) is 3.36. The van der Waals surface area contributed by atoms with Crippen molar-refractivity contribution in [2.24, 2.45) is 0 Å². The van der Waals surface area contributed by atoms with Gasteiger partial charge in [0.15, 0.2) is 0 Å². The molecule has 0 aromatic heterocycles. The Morgan fingerprint density at radius 1 is 1.35 bits per heavy atom. The van der Waals surface area contributed by atoms with Gasteiger partial charge in [-0.15, -0.1) is 11.6 Å². The van der Waals surface area contributed by atoms with Crippen LogP contribution < -0.4 is 4.74 Å². The minimum atomic E-state index is 0.161. The Kier molecular flexibility index (Phi) is 4.73. The van der Waals surface area contributed by atoms with E-state index in [9.17, 15) is 0 Å². The van der Waals surface area contributed by atoms with E-state index in [1.165, 1.54) is 30.4 Å². The van der Waals surface area contributed by atoms with Crippen molar-refractivity contribution in [3.05, 3.63) is 29.3 Å². The van der Waals surface area contributed by atoms with E-state index in [1.807, 2.05) is 0 Å². The first kappa shape index (κ1) is 12.8. The Morgan fingerprint density at radius 3 is 3.06 bits per heavy atom. The van der Waals surface area contributed by atoms with E-state index >= 15 is 0 Å². The summed E-state index contributed by atoms with van der Waals surface area (Å²) < 4.78 is 5.61. The highest BCUT2D eigenvalue weighted by Gasteiger charge is 2.14. The van der Waals surface area contributed by atoms with Crippen LogP contribution in [0.2, 0.25) is 0 Å². The molecule has 1 heterocycles. The molecule has 17 heavy (non-hydrogen) atoms. The molecule has 0 saturated carbocycles. The van der Waals surface area contributed by atoms with Crippen molar-refractivity contribution >= 4 is 11.6 Å². The normalized spacial score (nSPS) is 16.1. The molecule has 0 bridgehead atoms. The molecule has 0 radical (unpaired) electrons. The van der Waals surface area contributed by atoms with E-state index in [0.717, 1.165) is 31.6 Å². The molecule has 0 N–H and O–H groups in total. The van der Waals surface area contributed by atoms with E-state index in [4.69, 9.17) is 16.3 Å². The zero-order chi connectivity index (χ0) is 12.1. The number of ether oxygens (including phenoxy) is 1. The molecule has 1 aromatic carbocycles. The molecule has 1 nitrogen and oxygen atoms in total. The summed E-state index contributed by atoms with van der Waals surface area (Å²) in [6.45, 7) is 3.08. The van der Waals surface area contributed by atoms with Gasteiger partial charge in [0.05, 0.1) is 12.0 Å². The molecule has 2 heteroatoms. The maximum Gasteiger partial charge on any atom is 0.122 e. The monoisotopic (exact) mass is 252 g/mol. The highest BCUT2D eigenvalue weighted by Crippen LogP contribution is 2.32. The Bertz CT molecular complexity index is 362. The molecule has 1 aliphatic rings. The summed E-state index contributed by atoms with van der Waals surface area (Å²) in [6.07, 6.45) is 7.08. The highest BCUT2D eigenvalue weighted by molar-refractivity contribution is 6.20. The van der Waals surface area contributed by atoms with Crippen LogP contribution >= 0.6 is 11.6 Å². The van der Waals surface area contributed by atoms with Gasteiger partial charge in [-0.05, 0) is 36.5 Å². The third-order valence-corrected chi connectivity index (χ3v) is 3.83. The van der Waals surface area contributed by atoms with Crippen molar-refractivity contribution < 1.29 is 4.74 Å². The van der Waals surface area contributed by atoms with Gasteiger partial charge in [0.25, 0.3) is 0 Å². The maximum atomic E-state index is 6.44. The van der Waals surface area contributed by atoms with Crippen LogP contribution in [-0.2, 0) is 6.42 Å². The van der Waals surface area contributed by atoms with Crippen molar-refractivity contribution in [2.75, 3.05) is 6.61 Å². The lowest BCUT2D eigenvalue weighted by Gasteiger charge is -2.19. The number of benzene rings is 1. The highest BCUT2D eigenvalue weighted by atomic mass is 35.5. The number of aryl methyl sites for hydroxylation is 1. The van der Waals surface area contributed by atoms with Crippen LogP contribution in [0, 0.1) is 0 Å². The lowest BCUT2D eigenvalue weighted by atomic mass is 9.99. The molecule has 1 atom stereocenters. The standard InChI is InChI=1S/C15H21ClO/c1-2-3-4-7-14(16)12-8-9-15-13(11-12)6-5-10-17-15/h8-9,11,14H,2-7,10H2,1H3. The summed E-state index contributed by atoms with van der Waals surface area (Å²) >= 11 is 6.44. The molecule has 0 aliphatic carbocycles. The van der Waals surface area contributed by atoms with Crippen LogP contribution in [0.25, 0.3) is 0 Å². The van der Waals surface area contributed by atoms with Crippen LogP contribution in [0.15, 0.2) is 18.2 Å². The van der Waals surface area contributed by atoms with Crippen LogP contribution in [0.3, 0.4) is 0 Å². The van der Waals surface area contributed by atoms with Crippen molar-refractivity contribution in [3.63, 3.8) is 0 Å². The van der Waals surface area contributed by atoms with Gasteiger partial charge in [0.1, 0.15) is 5.75 Å². The summed E-state index contributed by atoms with van der Waals surface area (Å²) in [5, 5.41) is 0.161. The molecule has 94 valence electrons. The molecule has 0 saturated heterocycles. The Morgan fingerprint density at radius 2 is 2.24 bits per heavy atom. The first-order chi connectivity index (χ1) is 8.31. The van der Waals surface area contributed by atoms with E-state index in [1.54, 1.807) is 0 Å². The lowest BCUT2D eigenvalue weighted by Crippen LogP contribution is -2.08. The summed E-state index contributed by atoms with van der Waals surface area (Å²) in [6, 6.07) is 6.44. The van der Waals surface area contributed by atoms with Gasteiger partial charge in [0.2, 0.25) is 0 Å². The molecule has 0 amide bonds.